The Bertz CT molecular complexity index is 2170. The first-order valence-corrected chi connectivity index (χ1v) is 40.8. The van der Waals surface area contributed by atoms with Gasteiger partial charge in [0.1, 0.15) is 73.2 Å². The number of amides is 1. The van der Waals surface area contributed by atoms with E-state index in [0.717, 1.165) is 70.6 Å². The first-order valence-electron chi connectivity index (χ1n) is 40.8. The molecule has 3 aliphatic rings. The molecular weight excluding hydrogens is 1300 g/mol. The molecule has 19 heteroatoms. The van der Waals surface area contributed by atoms with Gasteiger partial charge in [-0.1, -0.05) is 298 Å². The number of nitrogens with one attached hydrogen (secondary N) is 1. The summed E-state index contributed by atoms with van der Waals surface area (Å²) < 4.78 is 34.4. The molecule has 3 saturated heterocycles. The van der Waals surface area contributed by atoms with Gasteiger partial charge in [0.2, 0.25) is 5.91 Å². The van der Waals surface area contributed by atoms with Crippen molar-refractivity contribution in [3.8, 4) is 0 Å². The van der Waals surface area contributed by atoms with Gasteiger partial charge in [-0.2, -0.15) is 0 Å². The number of carbonyl (C=O) groups excluding carboxylic acids is 1. The van der Waals surface area contributed by atoms with Crippen molar-refractivity contribution in [3.05, 3.63) is 85.1 Å². The molecular formula is C83H147NO18. The zero-order valence-electron chi connectivity index (χ0n) is 63.3. The van der Waals surface area contributed by atoms with Crippen LogP contribution < -0.4 is 5.32 Å². The zero-order chi connectivity index (χ0) is 73.9. The second kappa shape index (κ2) is 63.0. The van der Waals surface area contributed by atoms with Crippen molar-refractivity contribution in [2.75, 3.05) is 26.4 Å². The molecule has 102 heavy (non-hydrogen) atoms. The van der Waals surface area contributed by atoms with Gasteiger partial charge < -0.3 is 89.9 Å². The summed E-state index contributed by atoms with van der Waals surface area (Å²) >= 11 is 0. The topological polar surface area (TPSA) is 307 Å². The quantitative estimate of drug-likeness (QED) is 0.0199. The molecule has 3 fully saturated rings. The molecule has 12 N–H and O–H groups in total. The average Bonchev–Trinajstić information content (AvgIpc) is 0.781. The summed E-state index contributed by atoms with van der Waals surface area (Å²) in [6.07, 6.45) is 57.4. The lowest BCUT2D eigenvalue weighted by Crippen LogP contribution is -2.66. The number of allylic oxidation sites excluding steroid dienone is 13. The highest BCUT2D eigenvalue weighted by atomic mass is 16.8. The molecule has 19 nitrogen and oxygen atoms in total. The maximum absolute atomic E-state index is 13.5. The number of hydrogen-bond donors (Lipinski definition) is 12. The third-order valence-electron chi connectivity index (χ3n) is 19.9. The molecule has 3 rings (SSSR count). The fraction of sp³-hybridized carbons (Fsp3) is 0.819. The second-order valence-corrected chi connectivity index (χ2v) is 28.8. The predicted octanol–water partition coefficient (Wildman–Crippen LogP) is 13.8. The van der Waals surface area contributed by atoms with Crippen LogP contribution in [0.2, 0.25) is 0 Å². The SMILES string of the molecule is CC/C=C\C/C=C\C/C=C\C/C=C\CCCCCCCCCCCCCCCCCCCCCCCCCCCCC(=O)NC(COC1OC(CO)C(OC2OC(CO)C(OC3OC(CO)C(O)C(O)C3O)C(O)C2O)C(O)C1O)C(O)/C=C/CC/C=C/CC/C=C/CCCCCCCCCC. The number of hydrogen-bond acceptors (Lipinski definition) is 18. The van der Waals surface area contributed by atoms with E-state index < -0.39 is 124 Å². The fourth-order valence-corrected chi connectivity index (χ4v) is 13.4. The first-order chi connectivity index (χ1) is 49.8. The third kappa shape index (κ3) is 42.5. The summed E-state index contributed by atoms with van der Waals surface area (Å²) in [5, 5.41) is 121. The van der Waals surface area contributed by atoms with Crippen molar-refractivity contribution < 1.29 is 89.4 Å². The molecule has 0 saturated carbocycles. The zero-order valence-corrected chi connectivity index (χ0v) is 63.3. The summed E-state index contributed by atoms with van der Waals surface area (Å²) in [6, 6.07) is -0.998. The average molecular weight is 1450 g/mol. The van der Waals surface area contributed by atoms with E-state index in [0.29, 0.717) is 12.8 Å². The van der Waals surface area contributed by atoms with E-state index in [1.54, 1.807) is 6.08 Å². The van der Waals surface area contributed by atoms with Crippen LogP contribution in [0.1, 0.15) is 303 Å². The Morgan fingerprint density at radius 2 is 0.686 bits per heavy atom. The number of ether oxygens (including phenoxy) is 6. The van der Waals surface area contributed by atoms with E-state index in [1.807, 2.05) is 6.08 Å². The Morgan fingerprint density at radius 3 is 1.10 bits per heavy atom. The van der Waals surface area contributed by atoms with Gasteiger partial charge in [-0.3, -0.25) is 4.79 Å². The monoisotopic (exact) mass is 1450 g/mol. The molecule has 0 bridgehead atoms. The summed E-state index contributed by atoms with van der Waals surface area (Å²) in [6.45, 7) is 1.61. The van der Waals surface area contributed by atoms with E-state index in [2.05, 4.69) is 92.1 Å². The Kier molecular flexibility index (Phi) is 57.5. The van der Waals surface area contributed by atoms with Gasteiger partial charge in [0.05, 0.1) is 38.6 Å². The van der Waals surface area contributed by atoms with Crippen molar-refractivity contribution >= 4 is 5.91 Å². The Labute approximate surface area is 616 Å². The minimum Gasteiger partial charge on any atom is -0.394 e. The third-order valence-corrected chi connectivity index (χ3v) is 19.9. The van der Waals surface area contributed by atoms with Crippen LogP contribution in [-0.4, -0.2) is 193 Å². The van der Waals surface area contributed by atoms with E-state index >= 15 is 0 Å². The highest BCUT2D eigenvalue weighted by Gasteiger charge is 2.54. The van der Waals surface area contributed by atoms with Crippen LogP contribution in [0.3, 0.4) is 0 Å². The molecule has 0 aliphatic carbocycles. The van der Waals surface area contributed by atoms with Crippen LogP contribution in [0.4, 0.5) is 0 Å². The van der Waals surface area contributed by atoms with Crippen LogP contribution in [0, 0.1) is 0 Å². The van der Waals surface area contributed by atoms with Crippen LogP contribution in [0.25, 0.3) is 0 Å². The van der Waals surface area contributed by atoms with Crippen molar-refractivity contribution in [2.45, 2.75) is 407 Å². The standard InChI is InChI=1S/C83H147NO18/c1-3-5-7-9-11-13-15-17-19-21-23-24-25-26-27-28-29-30-31-32-33-34-35-36-37-38-39-40-41-42-43-45-47-49-51-53-55-57-59-61-71(89)84-66(67(88)60-58-56-54-52-50-48-46-44-22-20-18-16-14-12-10-8-6-4-2)65-97-81-77(95)74(92)79(69(63-86)99-81)102-83-78(96)75(93)80(70(64-87)100-83)101-82-76(94)73(91)72(90)68(62-85)98-82/h5,7,11,13,17,19,22-24,44,50,52,58,60,66-70,72-83,85-88,90-96H,3-4,6,8-10,12,14-16,18,20-21,25-43,45-49,51,53-57,59,61-65H2,1-2H3,(H,84,89)/b7-5-,13-11-,19-17-,24-23-,44-22+,52-50+,60-58+. The molecule has 0 aromatic rings. The lowest BCUT2D eigenvalue weighted by atomic mass is 9.96. The van der Waals surface area contributed by atoms with Crippen LogP contribution in [0.15, 0.2) is 85.1 Å². The molecule has 0 spiro atoms. The fourth-order valence-electron chi connectivity index (χ4n) is 13.4. The summed E-state index contributed by atoms with van der Waals surface area (Å²) in [5.41, 5.74) is 0. The molecule has 592 valence electrons. The van der Waals surface area contributed by atoms with E-state index in [-0.39, 0.29) is 18.9 Å². The molecule has 3 heterocycles. The van der Waals surface area contributed by atoms with Gasteiger partial charge in [-0.05, 0) is 83.5 Å². The number of unbranched alkanes of at least 4 members (excludes halogenated alkanes) is 36. The van der Waals surface area contributed by atoms with Crippen LogP contribution >= 0.6 is 0 Å². The Balaban J connectivity index is 1.31. The van der Waals surface area contributed by atoms with Crippen molar-refractivity contribution in [1.29, 1.82) is 0 Å². The van der Waals surface area contributed by atoms with Crippen LogP contribution in [-0.2, 0) is 33.2 Å². The number of aliphatic hydroxyl groups excluding tert-OH is 11. The summed E-state index contributed by atoms with van der Waals surface area (Å²) in [4.78, 5) is 13.5. The molecule has 0 aromatic heterocycles. The van der Waals surface area contributed by atoms with Crippen molar-refractivity contribution in [3.63, 3.8) is 0 Å². The smallest absolute Gasteiger partial charge is 0.220 e. The summed E-state index contributed by atoms with van der Waals surface area (Å²) in [5.74, 6) is -0.286. The molecule has 1 amide bonds. The van der Waals surface area contributed by atoms with Gasteiger partial charge in [-0.15, -0.1) is 0 Å². The lowest BCUT2D eigenvalue weighted by molar-refractivity contribution is -0.379. The van der Waals surface area contributed by atoms with E-state index in [4.69, 9.17) is 28.4 Å². The largest absolute Gasteiger partial charge is 0.394 e. The van der Waals surface area contributed by atoms with E-state index in [1.165, 1.54) is 199 Å². The van der Waals surface area contributed by atoms with Gasteiger partial charge >= 0.3 is 0 Å². The Morgan fingerprint density at radius 1 is 0.363 bits per heavy atom. The molecule has 17 atom stereocenters. The number of carbonyl (C=O) groups is 1. The second-order valence-electron chi connectivity index (χ2n) is 28.8. The first kappa shape index (κ1) is 93.2. The number of rotatable bonds is 64. The van der Waals surface area contributed by atoms with Crippen molar-refractivity contribution in [1.82, 2.24) is 5.32 Å². The van der Waals surface area contributed by atoms with Crippen LogP contribution in [0.5, 0.6) is 0 Å². The predicted molar refractivity (Wildman–Crippen MR) is 406 cm³/mol. The lowest BCUT2D eigenvalue weighted by Gasteiger charge is -2.48. The molecule has 0 aromatic carbocycles. The van der Waals surface area contributed by atoms with Crippen molar-refractivity contribution in [2.24, 2.45) is 0 Å². The minimum absolute atomic E-state index is 0.233. The van der Waals surface area contributed by atoms with Gasteiger partial charge in [0, 0.05) is 6.42 Å². The molecule has 0 radical (unpaired) electrons. The normalized spacial score (nSPS) is 26.6. The highest BCUT2D eigenvalue weighted by molar-refractivity contribution is 5.76. The van der Waals surface area contributed by atoms with Gasteiger partial charge in [-0.25, -0.2) is 0 Å². The molecule has 3 aliphatic heterocycles. The molecule has 17 unspecified atom stereocenters. The highest BCUT2D eigenvalue weighted by Crippen LogP contribution is 2.33. The maximum atomic E-state index is 13.5. The minimum atomic E-state index is -1.98. The Hall–Kier alpha value is -3.03. The van der Waals surface area contributed by atoms with E-state index in [9.17, 15) is 61.0 Å². The maximum Gasteiger partial charge on any atom is 0.220 e. The van der Waals surface area contributed by atoms with Gasteiger partial charge in [0.25, 0.3) is 0 Å². The summed E-state index contributed by atoms with van der Waals surface area (Å²) in [7, 11) is 0. The number of aliphatic hydroxyl groups is 11. The van der Waals surface area contributed by atoms with Gasteiger partial charge in [0.15, 0.2) is 18.9 Å².